The van der Waals surface area contributed by atoms with Gasteiger partial charge in [-0.05, 0) is 64.5 Å². The monoisotopic (exact) mass is 539 g/mol. The number of aliphatic hydroxyl groups excluding tert-OH is 1. The molecule has 0 heterocycles. The summed E-state index contributed by atoms with van der Waals surface area (Å²) in [6, 6.07) is 0. The Hall–Kier alpha value is -0.940. The van der Waals surface area contributed by atoms with E-state index in [0.29, 0.717) is 12.8 Å². The van der Waals surface area contributed by atoms with E-state index in [2.05, 4.69) is 18.7 Å². The molecular weight excluding hydrogens is 474 g/mol. The highest BCUT2D eigenvalue weighted by Crippen LogP contribution is 2.18. The Balaban J connectivity index is 4.06. The quantitative estimate of drug-likeness (QED) is 0.0541. The van der Waals surface area contributed by atoms with Gasteiger partial charge in [0, 0.05) is 19.4 Å². The largest absolute Gasteiger partial charge is 0.462 e. The number of aliphatic hydroxyl groups is 1. The van der Waals surface area contributed by atoms with Crippen molar-refractivity contribution in [2.75, 3.05) is 26.2 Å². The number of unbranched alkanes of at least 4 members (excludes halogenated alkanes) is 17. The van der Waals surface area contributed by atoms with E-state index in [1.54, 1.807) is 0 Å². The Morgan fingerprint density at radius 1 is 0.658 bits per heavy atom. The first-order valence-electron chi connectivity index (χ1n) is 16.6. The average molecular weight is 540 g/mol. The molecule has 5 nitrogen and oxygen atoms in total. The smallest absolute Gasteiger partial charge is 0.306 e. The van der Waals surface area contributed by atoms with Gasteiger partial charge in [0.25, 0.3) is 0 Å². The molecule has 38 heavy (non-hydrogen) atoms. The summed E-state index contributed by atoms with van der Waals surface area (Å²) in [7, 11) is 0. The second-order valence-electron chi connectivity index (χ2n) is 11.3. The van der Waals surface area contributed by atoms with E-state index >= 15 is 0 Å². The maximum atomic E-state index is 12.5. The van der Waals surface area contributed by atoms with Crippen LogP contribution in [-0.2, 0) is 14.3 Å². The third-order valence-electron chi connectivity index (χ3n) is 7.63. The second kappa shape index (κ2) is 30.6. The van der Waals surface area contributed by atoms with Gasteiger partial charge >= 0.3 is 5.97 Å². The molecule has 0 spiro atoms. The summed E-state index contributed by atoms with van der Waals surface area (Å²) >= 11 is 0. The van der Waals surface area contributed by atoms with Crippen molar-refractivity contribution in [1.29, 1.82) is 0 Å². The minimum absolute atomic E-state index is 0.00988. The summed E-state index contributed by atoms with van der Waals surface area (Å²) in [4.78, 5) is 25.3. The van der Waals surface area contributed by atoms with E-state index in [1.807, 2.05) is 0 Å². The highest BCUT2D eigenvalue weighted by atomic mass is 16.5. The molecule has 226 valence electrons. The van der Waals surface area contributed by atoms with Crippen LogP contribution in [0.2, 0.25) is 0 Å². The lowest BCUT2D eigenvalue weighted by atomic mass is 10.0. The Kier molecular flexibility index (Phi) is 29.8. The number of hydrogen-bond acceptors (Lipinski definition) is 5. The van der Waals surface area contributed by atoms with Crippen molar-refractivity contribution in [3.63, 3.8) is 0 Å². The van der Waals surface area contributed by atoms with Crippen molar-refractivity contribution in [3.05, 3.63) is 0 Å². The Morgan fingerprint density at radius 3 is 1.66 bits per heavy atom. The molecular formula is C33H65NO4. The molecule has 0 aliphatic rings. The van der Waals surface area contributed by atoms with Gasteiger partial charge in [0.2, 0.25) is 0 Å². The van der Waals surface area contributed by atoms with Crippen LogP contribution in [0.3, 0.4) is 0 Å². The predicted octanol–water partition coefficient (Wildman–Crippen LogP) is 8.79. The molecule has 0 aliphatic carbocycles. The van der Waals surface area contributed by atoms with Gasteiger partial charge < -0.3 is 19.5 Å². The van der Waals surface area contributed by atoms with Gasteiger partial charge in [-0.15, -0.1) is 0 Å². The van der Waals surface area contributed by atoms with Crippen LogP contribution in [0.1, 0.15) is 168 Å². The van der Waals surface area contributed by atoms with Crippen LogP contribution in [0.25, 0.3) is 0 Å². The zero-order chi connectivity index (χ0) is 27.9. The molecule has 0 fully saturated rings. The minimum Gasteiger partial charge on any atom is -0.462 e. The van der Waals surface area contributed by atoms with E-state index in [4.69, 9.17) is 4.74 Å². The third kappa shape index (κ3) is 26.7. The zero-order valence-electron chi connectivity index (χ0n) is 25.6. The molecule has 0 aliphatic heterocycles. The van der Waals surface area contributed by atoms with Crippen LogP contribution < -0.4 is 0 Å². The number of nitrogens with zero attached hydrogens (tertiary/aromatic N) is 1. The van der Waals surface area contributed by atoms with Gasteiger partial charge in [-0.1, -0.05) is 104 Å². The van der Waals surface area contributed by atoms with Gasteiger partial charge in [-0.25, -0.2) is 0 Å². The first-order valence-corrected chi connectivity index (χ1v) is 16.6. The number of carbonyl (C=O) groups excluding carboxylic acids is 2. The Labute approximate surface area is 236 Å². The number of carbonyl (C=O) groups is 2. The van der Waals surface area contributed by atoms with E-state index in [1.165, 1.54) is 83.5 Å². The van der Waals surface area contributed by atoms with Gasteiger partial charge in [0.05, 0.1) is 6.61 Å². The molecule has 0 saturated heterocycles. The number of hydrogen-bond donors (Lipinski definition) is 1. The molecule has 0 saturated carbocycles. The summed E-state index contributed by atoms with van der Waals surface area (Å²) in [6.45, 7) is 7.48. The molecule has 0 aromatic carbocycles. The minimum atomic E-state index is 0.00988. The van der Waals surface area contributed by atoms with Crippen LogP contribution in [-0.4, -0.2) is 54.6 Å². The summed E-state index contributed by atoms with van der Waals surface area (Å²) in [5.74, 6) is 0.00988. The van der Waals surface area contributed by atoms with Crippen molar-refractivity contribution >= 4 is 12.3 Å². The van der Waals surface area contributed by atoms with Crippen LogP contribution in [0.15, 0.2) is 0 Å². The fraction of sp³-hybridized carbons (Fsp3) is 0.939. The maximum Gasteiger partial charge on any atom is 0.306 e. The van der Waals surface area contributed by atoms with Gasteiger partial charge in [-0.2, -0.15) is 0 Å². The summed E-state index contributed by atoms with van der Waals surface area (Å²) in [5.41, 5.74) is 0. The van der Waals surface area contributed by atoms with E-state index in [0.717, 1.165) is 83.7 Å². The average Bonchev–Trinajstić information content (AvgIpc) is 2.91. The molecule has 0 aromatic rings. The van der Waals surface area contributed by atoms with Gasteiger partial charge in [0.15, 0.2) is 0 Å². The molecule has 0 atom stereocenters. The van der Waals surface area contributed by atoms with E-state index < -0.39 is 0 Å². The third-order valence-corrected chi connectivity index (χ3v) is 7.63. The highest BCUT2D eigenvalue weighted by molar-refractivity contribution is 5.69. The maximum absolute atomic E-state index is 12.5. The molecule has 5 heteroatoms. The van der Waals surface area contributed by atoms with Gasteiger partial charge in [-0.3, -0.25) is 4.79 Å². The number of ether oxygens (including phenoxy) is 1. The van der Waals surface area contributed by atoms with Crippen molar-refractivity contribution in [2.45, 2.75) is 174 Å². The SMILES string of the molecule is CCCCCCCCC(CCCCCCCC)OC(=O)CCCCCCCN(CCO)CCCCCC=O. The second-order valence-corrected chi connectivity index (χ2v) is 11.3. The molecule has 1 N–H and O–H groups in total. The standard InChI is InChI=1S/C33H65NO4/c1-3-5-7-9-12-18-24-32(25-19-13-10-8-6-4-2)38-33(37)26-20-14-11-15-21-27-34(29-31-36)28-22-16-17-23-30-35/h30,32,36H,3-29,31H2,1-2H3. The number of rotatable bonds is 31. The summed E-state index contributed by atoms with van der Waals surface area (Å²) in [6.07, 6.45) is 28.4. The summed E-state index contributed by atoms with van der Waals surface area (Å²) < 4.78 is 5.97. The first kappa shape index (κ1) is 37.1. The predicted molar refractivity (Wildman–Crippen MR) is 162 cm³/mol. The van der Waals surface area contributed by atoms with Crippen molar-refractivity contribution in [1.82, 2.24) is 4.90 Å². The fourth-order valence-electron chi connectivity index (χ4n) is 5.16. The Morgan fingerprint density at radius 2 is 1.13 bits per heavy atom. The van der Waals surface area contributed by atoms with E-state index in [9.17, 15) is 14.7 Å². The normalized spacial score (nSPS) is 11.5. The van der Waals surface area contributed by atoms with Crippen molar-refractivity contribution < 1.29 is 19.4 Å². The van der Waals surface area contributed by atoms with Crippen LogP contribution >= 0.6 is 0 Å². The molecule has 0 rings (SSSR count). The van der Waals surface area contributed by atoms with Gasteiger partial charge in [0.1, 0.15) is 12.4 Å². The van der Waals surface area contributed by atoms with Crippen LogP contribution in [0, 0.1) is 0 Å². The lowest BCUT2D eigenvalue weighted by Crippen LogP contribution is -2.29. The van der Waals surface area contributed by atoms with Crippen LogP contribution in [0.4, 0.5) is 0 Å². The van der Waals surface area contributed by atoms with Crippen LogP contribution in [0.5, 0.6) is 0 Å². The number of aldehydes is 1. The molecule has 0 radical (unpaired) electrons. The highest BCUT2D eigenvalue weighted by Gasteiger charge is 2.14. The molecule has 0 aromatic heterocycles. The lowest BCUT2D eigenvalue weighted by Gasteiger charge is -2.21. The Bertz CT molecular complexity index is 483. The summed E-state index contributed by atoms with van der Waals surface area (Å²) in [5, 5.41) is 9.32. The fourth-order valence-corrected chi connectivity index (χ4v) is 5.16. The molecule has 0 bridgehead atoms. The lowest BCUT2D eigenvalue weighted by molar-refractivity contribution is -0.150. The molecule has 0 unspecified atom stereocenters. The number of esters is 1. The van der Waals surface area contributed by atoms with E-state index in [-0.39, 0.29) is 18.7 Å². The molecule has 0 amide bonds. The zero-order valence-corrected chi connectivity index (χ0v) is 25.6. The van der Waals surface area contributed by atoms with Crippen molar-refractivity contribution in [2.24, 2.45) is 0 Å². The topological polar surface area (TPSA) is 66.8 Å². The first-order chi connectivity index (χ1) is 18.7. The van der Waals surface area contributed by atoms with Crippen molar-refractivity contribution in [3.8, 4) is 0 Å².